The molecule has 0 radical (unpaired) electrons. The minimum absolute atomic E-state index is 0.120. The van der Waals surface area contributed by atoms with Crippen LogP contribution in [0.1, 0.15) is 39.5 Å². The lowest BCUT2D eigenvalue weighted by Crippen LogP contribution is -2.35. The van der Waals surface area contributed by atoms with E-state index in [0.717, 1.165) is 18.5 Å². The monoisotopic (exact) mass is 223 g/mol. The quantitative estimate of drug-likeness (QED) is 0.530. The molecule has 0 saturated carbocycles. The van der Waals surface area contributed by atoms with Gasteiger partial charge in [-0.3, -0.25) is 4.90 Å². The first-order chi connectivity index (χ1) is 7.74. The molecular formula is C13H21NO2. The molecule has 90 valence electrons. The smallest absolute Gasteiger partial charge is 0.333 e. The molecule has 2 saturated heterocycles. The normalized spacial score (nSPS) is 28.8. The van der Waals surface area contributed by atoms with Crippen molar-refractivity contribution >= 4 is 5.97 Å². The van der Waals surface area contributed by atoms with Crippen LogP contribution >= 0.6 is 0 Å². The fourth-order valence-corrected chi connectivity index (χ4v) is 2.89. The number of piperidine rings is 1. The first-order valence-corrected chi connectivity index (χ1v) is 6.35. The van der Waals surface area contributed by atoms with E-state index >= 15 is 0 Å². The molecule has 0 N–H and O–H groups in total. The van der Waals surface area contributed by atoms with E-state index in [4.69, 9.17) is 4.74 Å². The molecule has 2 aliphatic heterocycles. The Morgan fingerprint density at radius 2 is 2.25 bits per heavy atom. The summed E-state index contributed by atoms with van der Waals surface area (Å²) >= 11 is 0. The van der Waals surface area contributed by atoms with Gasteiger partial charge in [0, 0.05) is 18.2 Å². The Kier molecular flexibility index (Phi) is 3.64. The molecular weight excluding hydrogens is 202 g/mol. The van der Waals surface area contributed by atoms with Crippen molar-refractivity contribution in [1.29, 1.82) is 0 Å². The number of rotatable bonds is 2. The first-order valence-electron chi connectivity index (χ1n) is 6.35. The van der Waals surface area contributed by atoms with E-state index in [2.05, 4.69) is 4.90 Å². The molecule has 0 spiro atoms. The molecule has 0 aromatic carbocycles. The second-order valence-electron chi connectivity index (χ2n) is 4.67. The van der Waals surface area contributed by atoms with Crippen LogP contribution in [-0.2, 0) is 9.53 Å². The van der Waals surface area contributed by atoms with E-state index in [1.54, 1.807) is 0 Å². The largest absolute Gasteiger partial charge is 0.463 e. The van der Waals surface area contributed by atoms with Gasteiger partial charge in [-0.15, -0.1) is 0 Å². The lowest BCUT2D eigenvalue weighted by Gasteiger charge is -2.30. The van der Waals surface area contributed by atoms with Crippen molar-refractivity contribution in [2.75, 3.05) is 19.7 Å². The van der Waals surface area contributed by atoms with Crippen LogP contribution in [0.3, 0.4) is 0 Å². The van der Waals surface area contributed by atoms with Crippen molar-refractivity contribution < 1.29 is 9.53 Å². The van der Waals surface area contributed by atoms with Crippen molar-refractivity contribution in [1.82, 2.24) is 4.90 Å². The van der Waals surface area contributed by atoms with Crippen LogP contribution < -0.4 is 0 Å². The maximum Gasteiger partial charge on any atom is 0.333 e. The van der Waals surface area contributed by atoms with Gasteiger partial charge in [-0.2, -0.15) is 0 Å². The number of hydrogen-bond acceptors (Lipinski definition) is 3. The van der Waals surface area contributed by atoms with Crippen molar-refractivity contribution in [3.63, 3.8) is 0 Å². The highest BCUT2D eigenvalue weighted by molar-refractivity contribution is 5.89. The molecule has 0 amide bonds. The van der Waals surface area contributed by atoms with Gasteiger partial charge in [0.1, 0.15) is 0 Å². The number of hydrogen-bond donors (Lipinski definition) is 0. The molecule has 2 aliphatic rings. The summed E-state index contributed by atoms with van der Waals surface area (Å²) in [7, 11) is 0. The van der Waals surface area contributed by atoms with E-state index < -0.39 is 0 Å². The van der Waals surface area contributed by atoms with Gasteiger partial charge >= 0.3 is 5.97 Å². The third-order valence-corrected chi connectivity index (χ3v) is 3.75. The van der Waals surface area contributed by atoms with E-state index in [1.165, 1.54) is 31.4 Å². The highest BCUT2D eigenvalue weighted by Gasteiger charge is 2.33. The summed E-state index contributed by atoms with van der Waals surface area (Å²) in [6.07, 6.45) is 4.87. The summed E-state index contributed by atoms with van der Waals surface area (Å²) in [4.78, 5) is 14.2. The minimum Gasteiger partial charge on any atom is -0.463 e. The fourth-order valence-electron chi connectivity index (χ4n) is 2.89. The number of carbonyl (C=O) groups is 1. The number of ether oxygens (including phenoxy) is 1. The average Bonchev–Trinajstić information content (AvgIpc) is 2.72. The van der Waals surface area contributed by atoms with Crippen LogP contribution in [0.2, 0.25) is 0 Å². The Morgan fingerprint density at radius 3 is 3.00 bits per heavy atom. The predicted molar refractivity (Wildman–Crippen MR) is 63.2 cm³/mol. The molecule has 0 aliphatic carbocycles. The minimum atomic E-state index is -0.120. The van der Waals surface area contributed by atoms with Crippen LogP contribution in [0.5, 0.6) is 0 Å². The summed E-state index contributed by atoms with van der Waals surface area (Å²) < 4.78 is 5.08. The Bertz CT molecular complexity index is 309. The van der Waals surface area contributed by atoms with Crippen LogP contribution in [0, 0.1) is 0 Å². The van der Waals surface area contributed by atoms with E-state index in [1.807, 2.05) is 13.8 Å². The molecule has 1 unspecified atom stereocenters. The summed E-state index contributed by atoms with van der Waals surface area (Å²) in [5.41, 5.74) is 2.19. The molecule has 2 rings (SSSR count). The summed E-state index contributed by atoms with van der Waals surface area (Å²) in [6.45, 7) is 6.57. The van der Waals surface area contributed by atoms with Gasteiger partial charge in [0.2, 0.25) is 0 Å². The number of esters is 1. The molecule has 3 nitrogen and oxygen atoms in total. The number of carbonyl (C=O) groups excluding carboxylic acids is 1. The molecule has 0 aromatic heterocycles. The van der Waals surface area contributed by atoms with Gasteiger partial charge in [-0.25, -0.2) is 4.79 Å². The molecule has 1 atom stereocenters. The molecule has 16 heavy (non-hydrogen) atoms. The zero-order chi connectivity index (χ0) is 11.5. The molecule has 2 heterocycles. The third-order valence-electron chi connectivity index (χ3n) is 3.75. The zero-order valence-corrected chi connectivity index (χ0v) is 10.3. The van der Waals surface area contributed by atoms with Gasteiger partial charge < -0.3 is 4.74 Å². The van der Waals surface area contributed by atoms with Crippen molar-refractivity contribution in [2.45, 2.75) is 45.6 Å². The Labute approximate surface area is 97.5 Å². The topological polar surface area (TPSA) is 29.5 Å². The number of fused-ring (bicyclic) bond motifs is 1. The SMILES string of the molecule is CCOC(=O)C(C)=C1CCN2CCCCC12. The first kappa shape index (κ1) is 11.6. The van der Waals surface area contributed by atoms with E-state index in [0.29, 0.717) is 12.6 Å². The summed E-state index contributed by atoms with van der Waals surface area (Å²) in [6, 6.07) is 0.526. The summed E-state index contributed by atoms with van der Waals surface area (Å²) in [5, 5.41) is 0. The fraction of sp³-hybridized carbons (Fsp3) is 0.769. The second-order valence-corrected chi connectivity index (χ2v) is 4.67. The molecule has 3 heteroatoms. The predicted octanol–water partition coefficient (Wildman–Crippen LogP) is 2.12. The van der Waals surface area contributed by atoms with Crippen molar-refractivity contribution in [3.8, 4) is 0 Å². The molecule has 0 aromatic rings. The second kappa shape index (κ2) is 5.00. The van der Waals surface area contributed by atoms with E-state index in [9.17, 15) is 4.79 Å². The maximum absolute atomic E-state index is 11.7. The Balaban J connectivity index is 2.13. The average molecular weight is 223 g/mol. The van der Waals surface area contributed by atoms with Gasteiger partial charge in [0.25, 0.3) is 0 Å². The summed E-state index contributed by atoms with van der Waals surface area (Å²) in [5.74, 6) is -0.120. The van der Waals surface area contributed by atoms with Crippen molar-refractivity contribution in [3.05, 3.63) is 11.1 Å². The molecule has 2 fully saturated rings. The lowest BCUT2D eigenvalue weighted by atomic mass is 9.95. The third kappa shape index (κ3) is 2.14. The Hall–Kier alpha value is -0.830. The maximum atomic E-state index is 11.7. The van der Waals surface area contributed by atoms with E-state index in [-0.39, 0.29) is 5.97 Å². The van der Waals surface area contributed by atoms with Crippen molar-refractivity contribution in [2.24, 2.45) is 0 Å². The molecule has 0 bridgehead atoms. The van der Waals surface area contributed by atoms with Crippen LogP contribution in [0.4, 0.5) is 0 Å². The van der Waals surface area contributed by atoms with Gasteiger partial charge in [0.05, 0.1) is 6.61 Å². The van der Waals surface area contributed by atoms with Gasteiger partial charge in [-0.1, -0.05) is 6.42 Å². The number of nitrogens with zero attached hydrogens (tertiary/aromatic N) is 1. The van der Waals surface area contributed by atoms with Gasteiger partial charge in [0.15, 0.2) is 0 Å². The highest BCUT2D eigenvalue weighted by atomic mass is 16.5. The van der Waals surface area contributed by atoms with Crippen LogP contribution in [0.15, 0.2) is 11.1 Å². The standard InChI is InChI=1S/C13H21NO2/c1-3-16-13(15)10(2)11-7-9-14-8-5-4-6-12(11)14/h12H,3-9H2,1-2H3. The zero-order valence-electron chi connectivity index (χ0n) is 10.3. The lowest BCUT2D eigenvalue weighted by molar-refractivity contribution is -0.138. The Morgan fingerprint density at radius 1 is 1.44 bits per heavy atom. The van der Waals surface area contributed by atoms with Crippen LogP contribution in [0.25, 0.3) is 0 Å². The highest BCUT2D eigenvalue weighted by Crippen LogP contribution is 2.33. The van der Waals surface area contributed by atoms with Crippen LogP contribution in [-0.4, -0.2) is 36.6 Å². The van der Waals surface area contributed by atoms with Gasteiger partial charge in [-0.05, 0) is 45.2 Å².